The molecule has 0 radical (unpaired) electrons. The Kier molecular flexibility index (Phi) is 6.00. The third kappa shape index (κ3) is 4.47. The number of carbonyl (C=O) groups is 2. The standard InChI is InChI=1S/C19H23N3O3S/c1-21(12-17(23)24)15-8-5-10-22(11-9-15)19(25)16-13-26-18(20-16)14-6-3-2-4-7-14/h2-4,6-7,13,15H,5,8-12H2,1H3,(H,23,24). The summed E-state index contributed by atoms with van der Waals surface area (Å²) in [6.07, 6.45) is 2.56. The van der Waals surface area contributed by atoms with Crippen molar-refractivity contribution in [3.05, 3.63) is 41.4 Å². The zero-order valence-electron chi connectivity index (χ0n) is 14.8. The predicted molar refractivity (Wildman–Crippen MR) is 101 cm³/mol. The summed E-state index contributed by atoms with van der Waals surface area (Å²) in [5.74, 6) is -0.856. The molecule has 26 heavy (non-hydrogen) atoms. The molecule has 1 aliphatic heterocycles. The molecule has 1 aromatic heterocycles. The van der Waals surface area contributed by atoms with Gasteiger partial charge in [-0.15, -0.1) is 11.3 Å². The van der Waals surface area contributed by atoms with Crippen LogP contribution in [0.25, 0.3) is 10.6 Å². The molecule has 0 aliphatic carbocycles. The second-order valence-corrected chi connectivity index (χ2v) is 7.45. The van der Waals surface area contributed by atoms with Gasteiger partial charge in [-0.3, -0.25) is 14.5 Å². The van der Waals surface area contributed by atoms with E-state index in [0.29, 0.717) is 18.8 Å². The maximum absolute atomic E-state index is 12.8. The SMILES string of the molecule is CN(CC(=O)O)C1CCCN(C(=O)c2csc(-c3ccccc3)n2)CC1. The zero-order valence-corrected chi connectivity index (χ0v) is 15.6. The van der Waals surface area contributed by atoms with Crippen LogP contribution in [0.15, 0.2) is 35.7 Å². The second-order valence-electron chi connectivity index (χ2n) is 6.59. The van der Waals surface area contributed by atoms with Crippen molar-refractivity contribution < 1.29 is 14.7 Å². The molecule has 1 N–H and O–H groups in total. The maximum atomic E-state index is 12.8. The second kappa shape index (κ2) is 8.42. The predicted octanol–water partition coefficient (Wildman–Crippen LogP) is 2.82. The summed E-state index contributed by atoms with van der Waals surface area (Å²) in [5, 5.41) is 11.6. The van der Waals surface area contributed by atoms with Crippen molar-refractivity contribution in [1.29, 1.82) is 0 Å². The van der Waals surface area contributed by atoms with E-state index in [4.69, 9.17) is 5.11 Å². The van der Waals surface area contributed by atoms with Crippen LogP contribution in [0.2, 0.25) is 0 Å². The van der Waals surface area contributed by atoms with Crippen molar-refractivity contribution in [2.45, 2.75) is 25.3 Å². The summed E-state index contributed by atoms with van der Waals surface area (Å²) >= 11 is 1.48. The summed E-state index contributed by atoms with van der Waals surface area (Å²) in [6, 6.07) is 10.0. The molecule has 3 rings (SSSR count). The van der Waals surface area contributed by atoms with Crippen molar-refractivity contribution in [3.63, 3.8) is 0 Å². The highest BCUT2D eigenvalue weighted by Crippen LogP contribution is 2.25. The first kappa shape index (κ1) is 18.5. The largest absolute Gasteiger partial charge is 0.480 e. The van der Waals surface area contributed by atoms with Crippen molar-refractivity contribution in [2.24, 2.45) is 0 Å². The van der Waals surface area contributed by atoms with Gasteiger partial charge in [-0.1, -0.05) is 30.3 Å². The van der Waals surface area contributed by atoms with Gasteiger partial charge in [0.05, 0.1) is 6.54 Å². The Balaban J connectivity index is 1.64. The highest BCUT2D eigenvalue weighted by Gasteiger charge is 2.25. The van der Waals surface area contributed by atoms with Gasteiger partial charge in [0.2, 0.25) is 0 Å². The van der Waals surface area contributed by atoms with Crippen LogP contribution in [-0.2, 0) is 4.79 Å². The lowest BCUT2D eigenvalue weighted by atomic mass is 10.1. The minimum atomic E-state index is -0.819. The highest BCUT2D eigenvalue weighted by atomic mass is 32.1. The number of aromatic nitrogens is 1. The Hall–Kier alpha value is -2.25. The lowest BCUT2D eigenvalue weighted by Gasteiger charge is -2.25. The number of nitrogens with zero attached hydrogens (tertiary/aromatic N) is 3. The van der Waals surface area contributed by atoms with E-state index in [0.717, 1.165) is 29.8 Å². The molecule has 6 nitrogen and oxygen atoms in total. The van der Waals surface area contributed by atoms with Gasteiger partial charge in [-0.05, 0) is 26.3 Å². The van der Waals surface area contributed by atoms with Gasteiger partial charge in [-0.2, -0.15) is 0 Å². The van der Waals surface area contributed by atoms with Crippen molar-refractivity contribution in [2.75, 3.05) is 26.7 Å². The van der Waals surface area contributed by atoms with Crippen LogP contribution < -0.4 is 0 Å². The smallest absolute Gasteiger partial charge is 0.317 e. The number of hydrogen-bond acceptors (Lipinski definition) is 5. The number of carboxylic acid groups (broad SMARTS) is 1. The van der Waals surface area contributed by atoms with Crippen LogP contribution in [0.5, 0.6) is 0 Å². The van der Waals surface area contributed by atoms with Gasteiger partial charge in [0, 0.05) is 30.1 Å². The minimum Gasteiger partial charge on any atom is -0.480 e. The average molecular weight is 373 g/mol. The zero-order chi connectivity index (χ0) is 18.5. The van der Waals surface area contributed by atoms with Gasteiger partial charge in [0.25, 0.3) is 5.91 Å². The molecule has 0 spiro atoms. The van der Waals surface area contributed by atoms with Gasteiger partial charge in [0.1, 0.15) is 10.7 Å². The van der Waals surface area contributed by atoms with E-state index in [1.165, 1.54) is 11.3 Å². The lowest BCUT2D eigenvalue weighted by Crippen LogP contribution is -2.37. The van der Waals surface area contributed by atoms with E-state index in [9.17, 15) is 9.59 Å². The van der Waals surface area contributed by atoms with Crippen LogP contribution in [0.3, 0.4) is 0 Å². The molecule has 1 atom stereocenters. The molecule has 1 unspecified atom stereocenters. The number of rotatable bonds is 5. The quantitative estimate of drug-likeness (QED) is 0.872. The van der Waals surface area contributed by atoms with E-state index >= 15 is 0 Å². The molecule has 1 saturated heterocycles. The molecule has 0 saturated carbocycles. The molecule has 1 aromatic carbocycles. The number of carbonyl (C=O) groups excluding carboxylic acids is 1. The summed E-state index contributed by atoms with van der Waals surface area (Å²) in [7, 11) is 1.84. The first-order valence-corrected chi connectivity index (χ1v) is 9.65. The first-order chi connectivity index (χ1) is 12.5. The number of amides is 1. The molecular weight excluding hydrogens is 350 g/mol. The fraction of sp³-hybridized carbons (Fsp3) is 0.421. The molecule has 2 aromatic rings. The van der Waals surface area contributed by atoms with E-state index in [1.54, 1.807) is 0 Å². The average Bonchev–Trinajstić information content (AvgIpc) is 2.99. The third-order valence-electron chi connectivity index (χ3n) is 4.74. The highest BCUT2D eigenvalue weighted by molar-refractivity contribution is 7.13. The first-order valence-electron chi connectivity index (χ1n) is 8.77. The lowest BCUT2D eigenvalue weighted by molar-refractivity contribution is -0.138. The van der Waals surface area contributed by atoms with Gasteiger partial charge >= 0.3 is 5.97 Å². The Bertz CT molecular complexity index is 762. The Morgan fingerprint density at radius 2 is 2.04 bits per heavy atom. The molecule has 1 fully saturated rings. The topological polar surface area (TPSA) is 73.7 Å². The number of aliphatic carboxylic acids is 1. The summed E-state index contributed by atoms with van der Waals surface area (Å²) in [6.45, 7) is 1.35. The summed E-state index contributed by atoms with van der Waals surface area (Å²) in [5.41, 5.74) is 1.51. The van der Waals surface area contributed by atoms with Crippen LogP contribution >= 0.6 is 11.3 Å². The molecule has 1 aliphatic rings. The third-order valence-corrected chi connectivity index (χ3v) is 5.63. The number of thiazole rings is 1. The fourth-order valence-corrected chi connectivity index (χ4v) is 4.11. The van der Waals surface area contributed by atoms with E-state index in [2.05, 4.69) is 4.98 Å². The van der Waals surface area contributed by atoms with Gasteiger partial charge in [0.15, 0.2) is 0 Å². The number of likely N-dealkylation sites (N-methyl/N-ethyl adjacent to an activating group) is 1. The van der Waals surface area contributed by atoms with Crippen molar-refractivity contribution >= 4 is 23.2 Å². The Labute approximate surface area is 157 Å². The van der Waals surface area contributed by atoms with Crippen LogP contribution in [0.1, 0.15) is 29.8 Å². The summed E-state index contributed by atoms with van der Waals surface area (Å²) in [4.78, 5) is 31.9. The number of hydrogen-bond donors (Lipinski definition) is 1. The van der Waals surface area contributed by atoms with Gasteiger partial charge < -0.3 is 10.0 Å². The molecular formula is C19H23N3O3S. The van der Waals surface area contributed by atoms with E-state index in [1.807, 2.05) is 52.6 Å². The van der Waals surface area contributed by atoms with Crippen LogP contribution in [-0.4, -0.2) is 64.5 Å². The Morgan fingerprint density at radius 3 is 2.77 bits per heavy atom. The molecule has 1 amide bonds. The van der Waals surface area contributed by atoms with Crippen molar-refractivity contribution in [3.8, 4) is 10.6 Å². The van der Waals surface area contributed by atoms with E-state index < -0.39 is 5.97 Å². The monoisotopic (exact) mass is 373 g/mol. The molecule has 138 valence electrons. The van der Waals surface area contributed by atoms with Crippen LogP contribution in [0.4, 0.5) is 0 Å². The Morgan fingerprint density at radius 1 is 1.27 bits per heavy atom. The van der Waals surface area contributed by atoms with Gasteiger partial charge in [-0.25, -0.2) is 4.98 Å². The summed E-state index contributed by atoms with van der Waals surface area (Å²) < 4.78 is 0. The number of benzene rings is 1. The van der Waals surface area contributed by atoms with Crippen LogP contribution in [0, 0.1) is 0 Å². The fourth-order valence-electron chi connectivity index (χ4n) is 3.31. The molecule has 2 heterocycles. The normalized spacial score (nSPS) is 17.9. The number of likely N-dealkylation sites (tertiary alicyclic amines) is 1. The minimum absolute atomic E-state index is 0.0329. The molecule has 0 bridgehead atoms. The van der Waals surface area contributed by atoms with Crippen molar-refractivity contribution in [1.82, 2.24) is 14.8 Å². The maximum Gasteiger partial charge on any atom is 0.317 e. The number of carboxylic acids is 1. The molecule has 7 heteroatoms. The van der Waals surface area contributed by atoms with E-state index in [-0.39, 0.29) is 18.5 Å².